The van der Waals surface area contributed by atoms with Gasteiger partial charge in [0.25, 0.3) is 0 Å². The second-order valence-electron chi connectivity index (χ2n) is 5.76. The molecule has 2 unspecified atom stereocenters. The van der Waals surface area contributed by atoms with Gasteiger partial charge in [0, 0.05) is 18.5 Å². The van der Waals surface area contributed by atoms with Crippen molar-refractivity contribution in [2.45, 2.75) is 26.3 Å². The first kappa shape index (κ1) is 15.1. The van der Waals surface area contributed by atoms with E-state index in [1.165, 1.54) is 11.8 Å². The van der Waals surface area contributed by atoms with Gasteiger partial charge in [-0.3, -0.25) is 0 Å². The monoisotopic (exact) mass is 274 g/mol. The van der Waals surface area contributed by atoms with Crippen molar-refractivity contribution in [1.29, 1.82) is 0 Å². The summed E-state index contributed by atoms with van der Waals surface area (Å²) < 4.78 is 5.96. The van der Waals surface area contributed by atoms with Crippen molar-refractivity contribution in [2.24, 2.45) is 5.92 Å². The Morgan fingerprint density at radius 1 is 1.25 bits per heavy atom. The minimum Gasteiger partial charge on any atom is -0.459 e. The van der Waals surface area contributed by atoms with Crippen molar-refractivity contribution in [3.63, 3.8) is 0 Å². The van der Waals surface area contributed by atoms with Crippen molar-refractivity contribution in [3.05, 3.63) is 36.1 Å². The first-order valence-electron chi connectivity index (χ1n) is 7.48. The molecule has 0 aliphatic heterocycles. The predicted octanol–water partition coefficient (Wildman–Crippen LogP) is 3.67. The van der Waals surface area contributed by atoms with Gasteiger partial charge in [-0.2, -0.15) is 0 Å². The lowest BCUT2D eigenvalue weighted by atomic mass is 10.1. The lowest BCUT2D eigenvalue weighted by molar-refractivity contribution is 0.245. The molecule has 0 bridgehead atoms. The van der Waals surface area contributed by atoms with Crippen LogP contribution in [-0.4, -0.2) is 32.1 Å². The van der Waals surface area contributed by atoms with Gasteiger partial charge in [-0.15, -0.1) is 0 Å². The van der Waals surface area contributed by atoms with Crippen molar-refractivity contribution >= 4 is 11.0 Å². The summed E-state index contributed by atoms with van der Waals surface area (Å²) in [4.78, 5) is 2.38. The molecule has 1 heterocycles. The Labute approximate surface area is 122 Å². The number of likely N-dealkylation sites (N-methyl/N-ethyl adjacent to an activating group) is 2. The molecular weight excluding hydrogens is 248 g/mol. The lowest BCUT2D eigenvalue weighted by Crippen LogP contribution is -2.33. The molecule has 20 heavy (non-hydrogen) atoms. The molecule has 3 heteroatoms. The van der Waals surface area contributed by atoms with Crippen molar-refractivity contribution < 1.29 is 4.42 Å². The minimum absolute atomic E-state index is 0.233. The average Bonchev–Trinajstić information content (AvgIpc) is 2.88. The average molecular weight is 274 g/mol. The van der Waals surface area contributed by atoms with Crippen LogP contribution in [0.3, 0.4) is 0 Å². The number of fused-ring (bicyclic) bond motifs is 1. The Bertz CT molecular complexity index is 502. The summed E-state index contributed by atoms with van der Waals surface area (Å²) in [6.45, 7) is 6.62. The number of hydrogen-bond acceptors (Lipinski definition) is 3. The van der Waals surface area contributed by atoms with E-state index in [-0.39, 0.29) is 6.04 Å². The van der Waals surface area contributed by atoms with Crippen LogP contribution >= 0.6 is 0 Å². The molecule has 0 radical (unpaired) electrons. The molecule has 2 atom stereocenters. The fourth-order valence-electron chi connectivity index (χ4n) is 2.55. The maximum absolute atomic E-state index is 5.96. The molecule has 0 fully saturated rings. The van der Waals surface area contributed by atoms with E-state index in [0.717, 1.165) is 30.4 Å². The van der Waals surface area contributed by atoms with Gasteiger partial charge < -0.3 is 14.6 Å². The van der Waals surface area contributed by atoms with Crippen LogP contribution in [0, 0.1) is 5.92 Å². The van der Waals surface area contributed by atoms with Crippen molar-refractivity contribution in [1.82, 2.24) is 10.2 Å². The van der Waals surface area contributed by atoms with Crippen LogP contribution < -0.4 is 5.32 Å². The van der Waals surface area contributed by atoms with Gasteiger partial charge in [0.05, 0.1) is 6.04 Å². The van der Waals surface area contributed by atoms with Crippen LogP contribution in [0.25, 0.3) is 11.0 Å². The minimum atomic E-state index is 0.233. The van der Waals surface area contributed by atoms with Gasteiger partial charge in [0.15, 0.2) is 0 Å². The van der Waals surface area contributed by atoms with E-state index < -0.39 is 0 Å². The van der Waals surface area contributed by atoms with E-state index in [9.17, 15) is 0 Å². The van der Waals surface area contributed by atoms with Gasteiger partial charge in [-0.05, 0) is 32.1 Å². The normalized spacial score (nSPS) is 14.8. The highest BCUT2D eigenvalue weighted by atomic mass is 16.3. The van der Waals surface area contributed by atoms with E-state index in [0.29, 0.717) is 0 Å². The largest absolute Gasteiger partial charge is 0.459 e. The van der Waals surface area contributed by atoms with Crippen molar-refractivity contribution in [2.75, 3.05) is 27.2 Å². The molecule has 0 spiro atoms. The predicted molar refractivity (Wildman–Crippen MR) is 85.0 cm³/mol. The Kier molecular flexibility index (Phi) is 5.21. The molecular formula is C17H26N2O. The summed E-state index contributed by atoms with van der Waals surface area (Å²) in [6.07, 6.45) is 1.22. The molecule has 0 amide bonds. The number of hydrogen-bond donors (Lipinski definition) is 1. The smallest absolute Gasteiger partial charge is 0.134 e. The topological polar surface area (TPSA) is 28.4 Å². The number of rotatable bonds is 7. The Hall–Kier alpha value is -1.32. The van der Waals surface area contributed by atoms with Crippen LogP contribution in [0.1, 0.15) is 32.1 Å². The van der Waals surface area contributed by atoms with Crippen LogP contribution in [0.15, 0.2) is 34.7 Å². The summed E-state index contributed by atoms with van der Waals surface area (Å²) in [5.41, 5.74) is 0.965. The van der Waals surface area contributed by atoms with E-state index >= 15 is 0 Å². The van der Waals surface area contributed by atoms with Gasteiger partial charge >= 0.3 is 0 Å². The van der Waals surface area contributed by atoms with Gasteiger partial charge in [-0.25, -0.2) is 0 Å². The fourth-order valence-corrected chi connectivity index (χ4v) is 2.55. The quantitative estimate of drug-likeness (QED) is 0.835. The highest BCUT2D eigenvalue weighted by molar-refractivity contribution is 5.77. The number of benzene rings is 1. The second-order valence-corrected chi connectivity index (χ2v) is 5.76. The number of para-hydroxylation sites is 1. The summed E-state index contributed by atoms with van der Waals surface area (Å²) >= 11 is 0. The zero-order valence-corrected chi connectivity index (χ0v) is 13.0. The maximum Gasteiger partial charge on any atom is 0.134 e. The summed E-state index contributed by atoms with van der Waals surface area (Å²) in [7, 11) is 4.17. The maximum atomic E-state index is 5.96. The van der Waals surface area contributed by atoms with Crippen LogP contribution in [0.2, 0.25) is 0 Å². The zero-order valence-electron chi connectivity index (χ0n) is 13.0. The summed E-state index contributed by atoms with van der Waals surface area (Å²) in [6, 6.07) is 10.6. The third-order valence-electron chi connectivity index (χ3n) is 3.95. The lowest BCUT2D eigenvalue weighted by Gasteiger charge is -2.24. The molecule has 3 nitrogen and oxygen atoms in total. The number of nitrogens with zero attached hydrogens (tertiary/aromatic N) is 1. The zero-order chi connectivity index (χ0) is 14.5. The second kappa shape index (κ2) is 6.91. The molecule has 110 valence electrons. The molecule has 0 aliphatic carbocycles. The van der Waals surface area contributed by atoms with Crippen LogP contribution in [0.5, 0.6) is 0 Å². The summed E-state index contributed by atoms with van der Waals surface area (Å²) in [5, 5.41) is 4.54. The third kappa shape index (κ3) is 3.62. The fraction of sp³-hybridized carbons (Fsp3) is 0.529. The molecule has 2 rings (SSSR count). The molecule has 0 saturated carbocycles. The van der Waals surface area contributed by atoms with Gasteiger partial charge in [-0.1, -0.05) is 38.5 Å². The Morgan fingerprint density at radius 2 is 2.00 bits per heavy atom. The SMILES string of the molecule is CCC(C)CN(C)CC(NC)c1cc2ccccc2o1. The first-order valence-corrected chi connectivity index (χ1v) is 7.48. The Balaban J connectivity index is 2.07. The summed E-state index contributed by atoms with van der Waals surface area (Å²) in [5.74, 6) is 1.75. The highest BCUT2D eigenvalue weighted by Gasteiger charge is 2.17. The number of furan rings is 1. The molecule has 1 aromatic carbocycles. The van der Waals surface area contributed by atoms with Gasteiger partial charge in [0.2, 0.25) is 0 Å². The van der Waals surface area contributed by atoms with Crippen LogP contribution in [-0.2, 0) is 0 Å². The highest BCUT2D eigenvalue weighted by Crippen LogP contribution is 2.24. The first-order chi connectivity index (χ1) is 9.63. The third-order valence-corrected chi connectivity index (χ3v) is 3.95. The van der Waals surface area contributed by atoms with Crippen molar-refractivity contribution in [3.8, 4) is 0 Å². The molecule has 0 saturated heterocycles. The van der Waals surface area contributed by atoms with E-state index in [1.807, 2.05) is 25.2 Å². The number of nitrogens with one attached hydrogen (secondary N) is 1. The Morgan fingerprint density at radius 3 is 2.65 bits per heavy atom. The van der Waals surface area contributed by atoms with E-state index in [4.69, 9.17) is 4.42 Å². The van der Waals surface area contributed by atoms with E-state index in [2.05, 4.69) is 43.2 Å². The molecule has 1 N–H and O–H groups in total. The molecule has 1 aromatic heterocycles. The van der Waals surface area contributed by atoms with Gasteiger partial charge in [0.1, 0.15) is 11.3 Å². The standard InChI is InChI=1S/C17H26N2O/c1-5-13(2)11-19(4)12-15(18-3)17-10-14-8-6-7-9-16(14)20-17/h6-10,13,15,18H,5,11-12H2,1-4H3. The van der Waals surface area contributed by atoms with Crippen LogP contribution in [0.4, 0.5) is 0 Å². The molecule has 0 aliphatic rings. The molecule has 2 aromatic rings. The van der Waals surface area contributed by atoms with E-state index in [1.54, 1.807) is 0 Å².